The number of phenols is 4. The monoisotopic (exact) mass is 770 g/mol. The standard InChI is InChI=1S/C35H46O19/c1-14-24(42)26(44)28(46)33(49-14)53-31-30(52-23(41)8-5-16-3-6-18(37)20(39)11-16)22(13-36)51-35(48-10-9-17-4-7-19(38)21(40)12-17)32(31)54-34-29(47)27(45)25(43)15(2)50-34/h3-8,11-12,14-15,22,24-40,42-47H,9-10,13H2,1-2H3/t14-,15-,22+,24+,25+,26-,27-,28-,29-,30+,31-,32+,33-,34-,35+/m0/s1. The van der Waals surface area contributed by atoms with Crippen LogP contribution in [0.25, 0.3) is 6.08 Å². The van der Waals surface area contributed by atoms with Gasteiger partial charge < -0.3 is 89.3 Å². The van der Waals surface area contributed by atoms with Gasteiger partial charge in [-0.3, -0.25) is 0 Å². The van der Waals surface area contributed by atoms with E-state index in [0.717, 1.165) is 6.08 Å². The minimum Gasteiger partial charge on any atom is -0.504 e. The Morgan fingerprint density at radius 2 is 1.22 bits per heavy atom. The molecule has 0 bridgehead atoms. The number of esters is 1. The highest BCUT2D eigenvalue weighted by Gasteiger charge is 2.55. The number of rotatable bonds is 12. The number of aromatic hydroxyl groups is 4. The molecule has 11 N–H and O–H groups in total. The van der Waals surface area contributed by atoms with Crippen LogP contribution in [-0.2, 0) is 44.4 Å². The van der Waals surface area contributed by atoms with Gasteiger partial charge in [0.05, 0.1) is 25.4 Å². The highest BCUT2D eigenvalue weighted by atomic mass is 16.8. The van der Waals surface area contributed by atoms with Gasteiger partial charge >= 0.3 is 5.97 Å². The van der Waals surface area contributed by atoms with E-state index in [0.29, 0.717) is 5.56 Å². The Morgan fingerprint density at radius 1 is 0.667 bits per heavy atom. The van der Waals surface area contributed by atoms with Crippen molar-refractivity contribution in [3.63, 3.8) is 0 Å². The van der Waals surface area contributed by atoms with Crippen LogP contribution in [-0.4, -0.2) is 167 Å². The molecule has 3 aliphatic heterocycles. The number of hydrogen-bond donors (Lipinski definition) is 11. The van der Waals surface area contributed by atoms with Crippen LogP contribution in [0.4, 0.5) is 0 Å². The number of carbonyl (C=O) groups is 1. The van der Waals surface area contributed by atoms with Gasteiger partial charge in [0.1, 0.15) is 54.9 Å². The van der Waals surface area contributed by atoms with Crippen molar-refractivity contribution < 1.29 is 94.1 Å². The molecule has 3 heterocycles. The summed E-state index contributed by atoms with van der Waals surface area (Å²) in [6, 6.07) is 7.82. The van der Waals surface area contributed by atoms with Gasteiger partial charge in [-0.15, -0.1) is 0 Å². The van der Waals surface area contributed by atoms with Crippen LogP contribution < -0.4 is 0 Å². The predicted octanol–water partition coefficient (Wildman–Crippen LogP) is -2.16. The third kappa shape index (κ3) is 9.40. The average molecular weight is 771 g/mol. The molecule has 300 valence electrons. The zero-order valence-corrected chi connectivity index (χ0v) is 29.1. The zero-order chi connectivity index (χ0) is 39.4. The first kappa shape index (κ1) is 41.5. The molecule has 54 heavy (non-hydrogen) atoms. The zero-order valence-electron chi connectivity index (χ0n) is 29.1. The third-order valence-corrected chi connectivity index (χ3v) is 9.35. The summed E-state index contributed by atoms with van der Waals surface area (Å²) in [6.07, 6.45) is -21.7. The van der Waals surface area contributed by atoms with Crippen molar-refractivity contribution in [2.24, 2.45) is 0 Å². The Morgan fingerprint density at radius 3 is 1.78 bits per heavy atom. The second kappa shape index (κ2) is 17.9. The van der Waals surface area contributed by atoms with Crippen LogP contribution in [0.15, 0.2) is 42.5 Å². The van der Waals surface area contributed by atoms with Crippen LogP contribution in [0, 0.1) is 0 Å². The molecule has 3 aliphatic rings. The lowest BCUT2D eigenvalue weighted by Crippen LogP contribution is -2.67. The van der Waals surface area contributed by atoms with E-state index in [9.17, 15) is 61.0 Å². The van der Waals surface area contributed by atoms with Crippen molar-refractivity contribution in [1.82, 2.24) is 0 Å². The molecule has 0 aliphatic carbocycles. The summed E-state index contributed by atoms with van der Waals surface area (Å²) in [5.74, 6) is -2.64. The molecule has 0 radical (unpaired) electrons. The summed E-state index contributed by atoms with van der Waals surface area (Å²) in [5, 5.41) is 113. The third-order valence-electron chi connectivity index (χ3n) is 9.35. The molecule has 3 saturated heterocycles. The summed E-state index contributed by atoms with van der Waals surface area (Å²) >= 11 is 0. The first-order chi connectivity index (χ1) is 25.6. The Balaban J connectivity index is 1.49. The second-order valence-electron chi connectivity index (χ2n) is 13.2. The highest BCUT2D eigenvalue weighted by molar-refractivity contribution is 5.87. The predicted molar refractivity (Wildman–Crippen MR) is 178 cm³/mol. The summed E-state index contributed by atoms with van der Waals surface area (Å²) in [6.45, 7) is 1.78. The lowest BCUT2D eigenvalue weighted by atomic mass is 9.96. The van der Waals surface area contributed by atoms with Crippen molar-refractivity contribution >= 4 is 12.0 Å². The summed E-state index contributed by atoms with van der Waals surface area (Å²) in [7, 11) is 0. The molecule has 3 fully saturated rings. The van der Waals surface area contributed by atoms with Crippen molar-refractivity contribution in [2.45, 2.75) is 112 Å². The van der Waals surface area contributed by atoms with Crippen molar-refractivity contribution in [3.8, 4) is 23.0 Å². The topological polar surface area (TPSA) is 304 Å². The quantitative estimate of drug-likeness (QED) is 0.0622. The molecular weight excluding hydrogens is 724 g/mol. The summed E-state index contributed by atoms with van der Waals surface area (Å²) in [4.78, 5) is 13.3. The average Bonchev–Trinajstić information content (AvgIpc) is 3.14. The smallest absolute Gasteiger partial charge is 0.331 e. The summed E-state index contributed by atoms with van der Waals surface area (Å²) < 4.78 is 41.3. The maximum Gasteiger partial charge on any atom is 0.331 e. The highest BCUT2D eigenvalue weighted by Crippen LogP contribution is 2.35. The van der Waals surface area contributed by atoms with Crippen LogP contribution in [0.1, 0.15) is 25.0 Å². The van der Waals surface area contributed by atoms with Gasteiger partial charge in [-0.25, -0.2) is 4.79 Å². The minimum atomic E-state index is -1.89. The SMILES string of the molecule is C[C@@H]1O[C@@H](O[C@@H]2[C@@H](O[C@@H]3O[C@@H](C)[C@@H](O)[C@H](O)[C@@H]3O)[C@H](OCCc3ccc(O)c(O)c3)O[C@H](CO)[C@H]2OC(=O)C=Cc2ccc(O)c(O)c2)[C@@H](O)[C@@H](O)[C@@H]1O. The van der Waals surface area contributed by atoms with E-state index in [-0.39, 0.29) is 30.1 Å². The van der Waals surface area contributed by atoms with Crippen LogP contribution in [0.3, 0.4) is 0 Å². The van der Waals surface area contributed by atoms with E-state index in [1.54, 1.807) is 0 Å². The van der Waals surface area contributed by atoms with E-state index in [1.807, 2.05) is 0 Å². The van der Waals surface area contributed by atoms with Crippen LogP contribution in [0.2, 0.25) is 0 Å². The molecule has 19 nitrogen and oxygen atoms in total. The molecule has 5 rings (SSSR count). The van der Waals surface area contributed by atoms with Crippen molar-refractivity contribution in [1.29, 1.82) is 0 Å². The molecule has 0 unspecified atom stereocenters. The van der Waals surface area contributed by atoms with Crippen molar-refractivity contribution in [2.75, 3.05) is 13.2 Å². The minimum absolute atomic E-state index is 0.113. The van der Waals surface area contributed by atoms with E-state index in [1.165, 1.54) is 56.3 Å². The van der Waals surface area contributed by atoms with E-state index in [4.69, 9.17) is 33.2 Å². The van der Waals surface area contributed by atoms with Gasteiger partial charge in [-0.2, -0.15) is 0 Å². The molecule has 0 aromatic heterocycles. The Bertz CT molecular complexity index is 1590. The number of hydrogen-bond acceptors (Lipinski definition) is 19. The second-order valence-corrected chi connectivity index (χ2v) is 13.2. The molecule has 0 spiro atoms. The lowest BCUT2D eigenvalue weighted by Gasteiger charge is -2.49. The van der Waals surface area contributed by atoms with Crippen LogP contribution in [0.5, 0.6) is 23.0 Å². The van der Waals surface area contributed by atoms with E-state index in [2.05, 4.69) is 0 Å². The fourth-order valence-corrected chi connectivity index (χ4v) is 6.16. The van der Waals surface area contributed by atoms with E-state index < -0.39 is 116 Å². The van der Waals surface area contributed by atoms with Gasteiger partial charge in [-0.05, 0) is 61.7 Å². The maximum atomic E-state index is 13.3. The van der Waals surface area contributed by atoms with Gasteiger partial charge in [0.15, 0.2) is 48.0 Å². The first-order valence-corrected chi connectivity index (χ1v) is 17.1. The Kier molecular flexibility index (Phi) is 13.7. The number of phenolic OH excluding ortho intramolecular Hbond substituents is 4. The van der Waals surface area contributed by atoms with E-state index >= 15 is 0 Å². The molecule has 2 aromatic carbocycles. The van der Waals surface area contributed by atoms with Gasteiger partial charge in [0.2, 0.25) is 0 Å². The Hall–Kier alpha value is -3.67. The number of aliphatic hydroxyl groups excluding tert-OH is 7. The maximum absolute atomic E-state index is 13.3. The molecule has 0 amide bonds. The first-order valence-electron chi connectivity index (χ1n) is 17.1. The molecular formula is C35H46O19. The normalized spacial score (nSPS) is 37.3. The molecule has 2 aromatic rings. The fraction of sp³-hybridized carbons (Fsp3) is 0.571. The lowest BCUT2D eigenvalue weighted by molar-refractivity contribution is -0.389. The number of carbonyl (C=O) groups excluding carboxylic acids is 1. The van der Waals surface area contributed by atoms with Crippen molar-refractivity contribution in [3.05, 3.63) is 53.6 Å². The molecule has 0 saturated carbocycles. The molecule has 15 atom stereocenters. The number of aliphatic hydroxyl groups is 7. The summed E-state index contributed by atoms with van der Waals surface area (Å²) in [5.41, 5.74) is 0.798. The molecule has 19 heteroatoms. The Labute approximate surface area is 308 Å². The van der Waals surface area contributed by atoms with Gasteiger partial charge in [0.25, 0.3) is 0 Å². The number of ether oxygens (including phenoxy) is 7. The fourth-order valence-electron chi connectivity index (χ4n) is 6.16. The number of benzene rings is 2. The van der Waals surface area contributed by atoms with Gasteiger partial charge in [-0.1, -0.05) is 12.1 Å². The largest absolute Gasteiger partial charge is 0.504 e. The van der Waals surface area contributed by atoms with Gasteiger partial charge in [0, 0.05) is 6.08 Å². The van der Waals surface area contributed by atoms with Crippen LogP contribution >= 0.6 is 0 Å².